The number of rotatable bonds is 6. The smallest absolute Gasteiger partial charge is 0.268 e. The molecule has 0 aliphatic rings. The molecule has 0 bridgehead atoms. The highest BCUT2D eigenvalue weighted by Gasteiger charge is 2.36. The van der Waals surface area contributed by atoms with E-state index in [1.165, 1.54) is 7.11 Å². The predicted molar refractivity (Wildman–Crippen MR) is 128 cm³/mol. The highest BCUT2D eigenvalue weighted by molar-refractivity contribution is 7.75. The maximum absolute atomic E-state index is 14.4. The van der Waals surface area contributed by atoms with Crippen molar-refractivity contribution in [2.75, 3.05) is 7.11 Å². The van der Waals surface area contributed by atoms with E-state index in [1.807, 2.05) is 75.4 Å². The Hall–Kier alpha value is -3.21. The molecule has 2 N–H and O–H groups in total. The van der Waals surface area contributed by atoms with Gasteiger partial charge in [-0.25, -0.2) is 0 Å². The zero-order valence-corrected chi connectivity index (χ0v) is 19.5. The summed E-state index contributed by atoms with van der Waals surface area (Å²) in [6.07, 6.45) is 1.68. The lowest BCUT2D eigenvalue weighted by Gasteiger charge is -2.19. The maximum atomic E-state index is 14.4. The summed E-state index contributed by atoms with van der Waals surface area (Å²) < 4.78 is 20.2. The van der Waals surface area contributed by atoms with Crippen LogP contribution in [0, 0.1) is 20.8 Å². The number of amides is 1. The van der Waals surface area contributed by atoms with Gasteiger partial charge in [0.05, 0.1) is 17.5 Å². The second-order valence-corrected chi connectivity index (χ2v) is 10.4. The first-order valence-corrected chi connectivity index (χ1v) is 12.0. The zero-order chi connectivity index (χ0) is 22.9. The number of aromatic nitrogens is 2. The minimum Gasteiger partial charge on any atom is -0.350 e. The molecule has 0 aliphatic carbocycles. The molecule has 0 fully saturated rings. The third-order valence-corrected chi connectivity index (χ3v) is 7.91. The molecule has 1 amide bonds. The number of nitrogens with zero attached hydrogens (tertiary/aromatic N) is 1. The number of carbonyl (C=O) groups excluding carboxylic acids is 1. The third kappa shape index (κ3) is 4.12. The van der Waals surface area contributed by atoms with Crippen molar-refractivity contribution in [2.24, 2.45) is 0 Å². The number of H-pyrrole nitrogens is 1. The highest BCUT2D eigenvalue weighted by Crippen LogP contribution is 2.47. The molecule has 4 rings (SSSR count). The molecular weight excluding hydrogens is 421 g/mol. The van der Waals surface area contributed by atoms with Crippen LogP contribution < -0.4 is 15.9 Å². The molecule has 2 aromatic carbocycles. The summed E-state index contributed by atoms with van der Waals surface area (Å²) in [5.74, 6) is -0.360. The Bertz CT molecular complexity index is 1330. The molecule has 0 radical (unpaired) electrons. The normalized spacial score (nSPS) is 13.1. The van der Waals surface area contributed by atoms with E-state index in [0.717, 1.165) is 33.3 Å². The van der Waals surface area contributed by atoms with Gasteiger partial charge in [-0.15, -0.1) is 0 Å². The van der Waals surface area contributed by atoms with Gasteiger partial charge in [0, 0.05) is 29.5 Å². The number of aryl methyl sites for hydroxylation is 3. The van der Waals surface area contributed by atoms with Crippen molar-refractivity contribution in [1.82, 2.24) is 15.3 Å². The number of benzene rings is 2. The summed E-state index contributed by atoms with van der Waals surface area (Å²) in [5, 5.41) is 4.57. The summed E-state index contributed by atoms with van der Waals surface area (Å²) >= 11 is 0. The van der Waals surface area contributed by atoms with Gasteiger partial charge in [-0.2, -0.15) is 0 Å². The molecule has 32 heavy (non-hydrogen) atoms. The Morgan fingerprint density at radius 3 is 2.44 bits per heavy atom. The second kappa shape index (κ2) is 8.73. The number of fused-ring (bicyclic) bond motifs is 1. The van der Waals surface area contributed by atoms with Crippen molar-refractivity contribution in [3.63, 3.8) is 0 Å². The number of aromatic amines is 1. The van der Waals surface area contributed by atoms with E-state index >= 15 is 0 Å². The van der Waals surface area contributed by atoms with Gasteiger partial charge >= 0.3 is 0 Å². The van der Waals surface area contributed by atoms with E-state index in [2.05, 4.69) is 15.3 Å². The van der Waals surface area contributed by atoms with Crippen molar-refractivity contribution in [3.05, 3.63) is 88.9 Å². The highest BCUT2D eigenvalue weighted by atomic mass is 31.2. The van der Waals surface area contributed by atoms with Crippen molar-refractivity contribution < 1.29 is 13.9 Å². The van der Waals surface area contributed by atoms with Gasteiger partial charge < -0.3 is 14.8 Å². The van der Waals surface area contributed by atoms with Crippen LogP contribution in [0.1, 0.15) is 32.9 Å². The molecule has 1 atom stereocenters. The van der Waals surface area contributed by atoms with E-state index in [4.69, 9.17) is 4.52 Å². The molecule has 2 heterocycles. The first kappa shape index (κ1) is 22.0. The number of hydrogen-bond acceptors (Lipinski definition) is 4. The van der Waals surface area contributed by atoms with Crippen molar-refractivity contribution in [2.45, 2.75) is 27.3 Å². The Morgan fingerprint density at radius 2 is 1.78 bits per heavy atom. The second-order valence-electron chi connectivity index (χ2n) is 7.98. The lowest BCUT2D eigenvalue weighted by molar-refractivity contribution is 0.0947. The van der Waals surface area contributed by atoms with Crippen LogP contribution in [-0.2, 0) is 15.6 Å². The van der Waals surface area contributed by atoms with Crippen molar-refractivity contribution in [1.29, 1.82) is 0 Å². The first-order chi connectivity index (χ1) is 15.3. The molecule has 4 aromatic rings. The fraction of sp³-hybridized carbons (Fsp3) is 0.200. The summed E-state index contributed by atoms with van der Waals surface area (Å²) in [7, 11) is -2.14. The van der Waals surface area contributed by atoms with Crippen LogP contribution in [0.15, 0.2) is 60.8 Å². The largest absolute Gasteiger partial charge is 0.350 e. The van der Waals surface area contributed by atoms with E-state index in [0.29, 0.717) is 10.6 Å². The molecule has 2 aromatic heterocycles. The van der Waals surface area contributed by atoms with Crippen LogP contribution in [0.4, 0.5) is 0 Å². The monoisotopic (exact) mass is 447 g/mol. The molecular formula is C25H26N3O3P. The maximum Gasteiger partial charge on any atom is 0.268 e. The summed E-state index contributed by atoms with van der Waals surface area (Å²) in [5.41, 5.74) is 4.67. The van der Waals surface area contributed by atoms with Gasteiger partial charge in [-0.05, 0) is 57.2 Å². The molecule has 6 nitrogen and oxygen atoms in total. The number of hydrogen-bond donors (Lipinski definition) is 2. The molecule has 164 valence electrons. The van der Waals surface area contributed by atoms with Crippen LogP contribution >= 0.6 is 7.37 Å². The van der Waals surface area contributed by atoms with Crippen LogP contribution in [-0.4, -0.2) is 23.0 Å². The van der Waals surface area contributed by atoms with Crippen LogP contribution in [0.25, 0.3) is 10.9 Å². The van der Waals surface area contributed by atoms with E-state index < -0.39 is 7.37 Å². The number of nitrogens with one attached hydrogen (secondary N) is 2. The Labute approximate surface area is 187 Å². The summed E-state index contributed by atoms with van der Waals surface area (Å²) in [6.45, 7) is 6.13. The zero-order valence-electron chi connectivity index (χ0n) is 18.6. The van der Waals surface area contributed by atoms with Gasteiger partial charge in [-0.3, -0.25) is 14.3 Å². The van der Waals surface area contributed by atoms with E-state index in [9.17, 15) is 9.36 Å². The standard InChI is InChI=1S/C25H26N3O3P/c1-16-8-9-22-21(14-16)24(32(30,31-4)20-12-17(2)11-18(3)13-20)23(28-22)25(29)27-15-19-7-5-6-10-26-19/h5-14,28H,15H2,1-4H3,(H,27,29). The SMILES string of the molecule is COP(=O)(c1cc(C)cc(C)c1)c1c(C(=O)NCc2ccccn2)[nH]c2ccc(C)cc12. The molecule has 1 unspecified atom stereocenters. The Morgan fingerprint density at radius 1 is 1.03 bits per heavy atom. The minimum absolute atomic E-state index is 0.242. The molecule has 7 heteroatoms. The average molecular weight is 447 g/mol. The lowest BCUT2D eigenvalue weighted by atomic mass is 10.2. The summed E-state index contributed by atoms with van der Waals surface area (Å²) in [4.78, 5) is 20.7. The van der Waals surface area contributed by atoms with Crippen LogP contribution in [0.2, 0.25) is 0 Å². The van der Waals surface area contributed by atoms with E-state index in [-0.39, 0.29) is 18.1 Å². The van der Waals surface area contributed by atoms with Crippen molar-refractivity contribution >= 4 is 34.8 Å². The molecule has 0 aliphatic heterocycles. The summed E-state index contributed by atoms with van der Waals surface area (Å²) in [6, 6.07) is 17.0. The molecule has 0 saturated carbocycles. The Balaban J connectivity index is 1.87. The first-order valence-electron chi connectivity index (χ1n) is 10.4. The number of carbonyl (C=O) groups is 1. The average Bonchev–Trinajstić information content (AvgIpc) is 3.16. The van der Waals surface area contributed by atoms with E-state index in [1.54, 1.807) is 6.20 Å². The fourth-order valence-electron chi connectivity index (χ4n) is 3.97. The van der Waals surface area contributed by atoms with Crippen LogP contribution in [0.3, 0.4) is 0 Å². The van der Waals surface area contributed by atoms with Gasteiger partial charge in [-0.1, -0.05) is 34.9 Å². The third-order valence-electron chi connectivity index (χ3n) is 5.41. The Kier molecular flexibility index (Phi) is 6.00. The molecule has 0 saturated heterocycles. The number of pyridine rings is 1. The van der Waals surface area contributed by atoms with Crippen LogP contribution in [0.5, 0.6) is 0 Å². The van der Waals surface area contributed by atoms with Gasteiger partial charge in [0.2, 0.25) is 0 Å². The van der Waals surface area contributed by atoms with Gasteiger partial charge in [0.1, 0.15) is 5.69 Å². The fourth-order valence-corrected chi connectivity index (χ4v) is 6.32. The predicted octanol–water partition coefficient (Wildman–Crippen LogP) is 4.29. The molecule has 0 spiro atoms. The van der Waals surface area contributed by atoms with Gasteiger partial charge in [0.15, 0.2) is 0 Å². The lowest BCUT2D eigenvalue weighted by Crippen LogP contribution is -2.30. The van der Waals surface area contributed by atoms with Crippen molar-refractivity contribution in [3.8, 4) is 0 Å². The quantitative estimate of drug-likeness (QED) is 0.432. The van der Waals surface area contributed by atoms with Gasteiger partial charge in [0.25, 0.3) is 13.3 Å². The topological polar surface area (TPSA) is 84.1 Å². The minimum atomic E-state index is -3.57.